The van der Waals surface area contributed by atoms with E-state index in [1.54, 1.807) is 30.3 Å². The number of benzene rings is 3. The SMILES string of the molecule is CC(C)(C)[Si](OCC[C@H](O)C[C@H](O)CC(C[Si](C)(C)C)S(=O)(=O)c1ccccc1)(c1ccccc1)c1ccccc1. The molecule has 0 spiro atoms. The van der Waals surface area contributed by atoms with Crippen LogP contribution < -0.4 is 10.4 Å². The summed E-state index contributed by atoms with van der Waals surface area (Å²) in [5.41, 5.74) is 0. The molecule has 3 aromatic carbocycles. The van der Waals surface area contributed by atoms with E-state index in [0.717, 1.165) is 0 Å². The van der Waals surface area contributed by atoms with Crippen molar-refractivity contribution in [2.75, 3.05) is 6.61 Å². The van der Waals surface area contributed by atoms with Gasteiger partial charge in [-0.25, -0.2) is 8.42 Å². The summed E-state index contributed by atoms with van der Waals surface area (Å²) in [5.74, 6) is 0. The lowest BCUT2D eigenvalue weighted by molar-refractivity contribution is 0.0617. The molecule has 0 saturated carbocycles. The summed E-state index contributed by atoms with van der Waals surface area (Å²) in [6, 6.07) is 29.8. The molecular weight excluding hydrogens is 565 g/mol. The van der Waals surface area contributed by atoms with Gasteiger partial charge >= 0.3 is 0 Å². The van der Waals surface area contributed by atoms with Gasteiger partial charge in [-0.15, -0.1) is 0 Å². The van der Waals surface area contributed by atoms with E-state index in [1.807, 2.05) is 36.4 Å². The van der Waals surface area contributed by atoms with E-state index in [-0.39, 0.29) is 22.8 Å². The van der Waals surface area contributed by atoms with Crippen molar-refractivity contribution in [3.05, 3.63) is 91.0 Å². The van der Waals surface area contributed by atoms with Crippen molar-refractivity contribution in [2.45, 2.75) is 93.1 Å². The minimum absolute atomic E-state index is 0.105. The zero-order valence-corrected chi connectivity index (χ0v) is 28.3. The molecule has 0 aliphatic heterocycles. The van der Waals surface area contributed by atoms with E-state index in [9.17, 15) is 18.6 Å². The average Bonchev–Trinajstić information content (AvgIpc) is 2.91. The second kappa shape index (κ2) is 13.9. The Hall–Kier alpha value is -2.08. The number of sulfone groups is 1. The van der Waals surface area contributed by atoms with Crippen LogP contribution in [0.1, 0.15) is 40.0 Å². The summed E-state index contributed by atoms with van der Waals surface area (Å²) in [7, 11) is -8.09. The lowest BCUT2D eigenvalue weighted by atomic mass is 10.1. The van der Waals surface area contributed by atoms with E-state index in [1.165, 1.54) is 10.4 Å². The zero-order valence-electron chi connectivity index (χ0n) is 25.5. The van der Waals surface area contributed by atoms with Gasteiger partial charge in [-0.3, -0.25) is 0 Å². The molecule has 0 bridgehead atoms. The second-order valence-corrected chi connectivity index (χ2v) is 25.4. The van der Waals surface area contributed by atoms with E-state index in [4.69, 9.17) is 4.43 Å². The van der Waals surface area contributed by atoms with Gasteiger partial charge in [0.05, 0.1) is 22.4 Å². The molecule has 8 heteroatoms. The Labute approximate surface area is 249 Å². The Kier molecular flexibility index (Phi) is 11.4. The Morgan fingerprint density at radius 2 is 1.20 bits per heavy atom. The van der Waals surface area contributed by atoms with Crippen LogP contribution >= 0.6 is 0 Å². The third kappa shape index (κ3) is 8.72. The van der Waals surface area contributed by atoms with Crippen LogP contribution in [0.25, 0.3) is 0 Å². The van der Waals surface area contributed by atoms with Gasteiger partial charge in [-0.05, 0) is 52.9 Å². The Bertz CT molecular complexity index is 1260. The highest BCUT2D eigenvalue weighted by atomic mass is 32.2. The van der Waals surface area contributed by atoms with Crippen LogP contribution in [0.3, 0.4) is 0 Å². The third-order valence-electron chi connectivity index (χ3n) is 7.62. The van der Waals surface area contributed by atoms with Gasteiger partial charge in [0.2, 0.25) is 0 Å². The van der Waals surface area contributed by atoms with Crippen LogP contribution in [0.4, 0.5) is 0 Å². The van der Waals surface area contributed by atoms with Crippen molar-refractivity contribution in [3.63, 3.8) is 0 Å². The van der Waals surface area contributed by atoms with Gasteiger partial charge in [0, 0.05) is 14.7 Å². The van der Waals surface area contributed by atoms with Crippen LogP contribution in [0.2, 0.25) is 30.7 Å². The first-order valence-electron chi connectivity index (χ1n) is 14.6. The van der Waals surface area contributed by atoms with Gasteiger partial charge < -0.3 is 14.6 Å². The van der Waals surface area contributed by atoms with E-state index in [0.29, 0.717) is 19.1 Å². The minimum Gasteiger partial charge on any atom is -0.407 e. The Balaban J connectivity index is 1.73. The van der Waals surface area contributed by atoms with Crippen LogP contribution in [-0.4, -0.2) is 59.1 Å². The number of aliphatic hydroxyl groups is 2. The van der Waals surface area contributed by atoms with Crippen LogP contribution in [0.5, 0.6) is 0 Å². The summed E-state index contributed by atoms with van der Waals surface area (Å²) in [4.78, 5) is 0.287. The number of aliphatic hydroxyl groups excluding tert-OH is 2. The van der Waals surface area contributed by atoms with Crippen molar-refractivity contribution in [1.82, 2.24) is 0 Å². The molecule has 0 aliphatic carbocycles. The fourth-order valence-corrected chi connectivity index (χ4v) is 15.6. The van der Waals surface area contributed by atoms with E-state index >= 15 is 0 Å². The fraction of sp³-hybridized carbons (Fsp3) is 0.455. The lowest BCUT2D eigenvalue weighted by Gasteiger charge is -2.43. The molecule has 3 atom stereocenters. The molecule has 2 N–H and O–H groups in total. The predicted molar refractivity (Wildman–Crippen MR) is 175 cm³/mol. The molecule has 0 heterocycles. The standard InChI is InChI=1S/C33H48O5SSi2/c1-33(2,3)41(31-18-12-8-13-19-31,32-20-14-9-15-21-32)38-23-22-27(34)24-28(35)25-30(26-40(4,5)6)39(36,37)29-16-10-7-11-17-29/h7-21,27-28,30,34-35H,22-26H2,1-6H3/t27-,28-,30?/m0/s1. The molecule has 3 aromatic rings. The quantitative estimate of drug-likeness (QED) is 0.231. The monoisotopic (exact) mass is 612 g/mol. The second-order valence-electron chi connectivity index (χ2n) is 13.3. The molecule has 0 radical (unpaired) electrons. The summed E-state index contributed by atoms with van der Waals surface area (Å²) < 4.78 is 33.9. The molecule has 3 rings (SSSR count). The Morgan fingerprint density at radius 3 is 1.63 bits per heavy atom. The first kappa shape index (κ1) is 33.4. The third-order valence-corrected chi connectivity index (χ3v) is 16.8. The van der Waals surface area contributed by atoms with Gasteiger partial charge in [0.15, 0.2) is 9.84 Å². The smallest absolute Gasteiger partial charge is 0.261 e. The highest BCUT2D eigenvalue weighted by molar-refractivity contribution is 7.92. The van der Waals surface area contributed by atoms with Crippen LogP contribution in [0, 0.1) is 0 Å². The largest absolute Gasteiger partial charge is 0.407 e. The van der Waals surface area contributed by atoms with Crippen molar-refractivity contribution in [1.29, 1.82) is 0 Å². The molecule has 1 unspecified atom stereocenters. The zero-order chi connectivity index (χ0) is 30.3. The molecule has 5 nitrogen and oxygen atoms in total. The van der Waals surface area contributed by atoms with E-state index < -0.39 is 43.7 Å². The lowest BCUT2D eigenvalue weighted by Crippen LogP contribution is -2.66. The maximum absolute atomic E-state index is 13.5. The van der Waals surface area contributed by atoms with Crippen molar-refractivity contribution >= 4 is 36.6 Å². The van der Waals surface area contributed by atoms with Crippen LogP contribution in [0.15, 0.2) is 95.9 Å². The number of hydrogen-bond acceptors (Lipinski definition) is 5. The van der Waals surface area contributed by atoms with Gasteiger partial charge in [-0.2, -0.15) is 0 Å². The summed E-state index contributed by atoms with van der Waals surface area (Å²) in [6.45, 7) is 13.4. The maximum Gasteiger partial charge on any atom is 0.261 e. The molecule has 41 heavy (non-hydrogen) atoms. The van der Waals surface area contributed by atoms with Crippen LogP contribution in [-0.2, 0) is 14.3 Å². The topological polar surface area (TPSA) is 83.8 Å². The normalized spacial score (nSPS) is 15.3. The molecule has 0 fully saturated rings. The fourth-order valence-electron chi connectivity index (χ4n) is 5.75. The highest BCUT2D eigenvalue weighted by Gasteiger charge is 2.50. The van der Waals surface area contributed by atoms with Gasteiger partial charge in [0.25, 0.3) is 8.32 Å². The molecular formula is C33H48O5SSi2. The number of hydrogen-bond donors (Lipinski definition) is 2. The molecule has 224 valence electrons. The van der Waals surface area contributed by atoms with Crippen molar-refractivity contribution < 1.29 is 23.1 Å². The first-order chi connectivity index (χ1) is 19.2. The highest BCUT2D eigenvalue weighted by Crippen LogP contribution is 2.37. The van der Waals surface area contributed by atoms with Crippen molar-refractivity contribution in [3.8, 4) is 0 Å². The average molecular weight is 613 g/mol. The molecule has 0 aromatic heterocycles. The van der Waals surface area contributed by atoms with Gasteiger partial charge in [-0.1, -0.05) is 119 Å². The Morgan fingerprint density at radius 1 is 0.732 bits per heavy atom. The summed E-state index contributed by atoms with van der Waals surface area (Å²) in [5, 5.41) is 23.5. The van der Waals surface area contributed by atoms with Crippen molar-refractivity contribution in [2.24, 2.45) is 0 Å². The first-order valence-corrected chi connectivity index (χ1v) is 21.7. The number of rotatable bonds is 14. The van der Waals surface area contributed by atoms with E-state index in [2.05, 4.69) is 64.7 Å². The molecule has 0 amide bonds. The maximum atomic E-state index is 13.5. The summed E-state index contributed by atoms with van der Waals surface area (Å²) >= 11 is 0. The molecule has 0 saturated heterocycles. The minimum atomic E-state index is -3.61. The predicted octanol–water partition coefficient (Wildman–Crippen LogP) is 5.64. The summed E-state index contributed by atoms with van der Waals surface area (Å²) in [6.07, 6.45) is -1.18. The molecule has 0 aliphatic rings. The van der Waals surface area contributed by atoms with Gasteiger partial charge in [0.1, 0.15) is 0 Å².